The van der Waals surface area contributed by atoms with Crippen molar-refractivity contribution >= 4 is 28.1 Å². The van der Waals surface area contributed by atoms with Crippen LogP contribution in [0.3, 0.4) is 0 Å². The molecular formula is C13H16N4O2S. The van der Waals surface area contributed by atoms with Gasteiger partial charge in [-0.3, -0.25) is 4.79 Å². The minimum absolute atomic E-state index is 0.0514. The molecule has 7 heteroatoms. The lowest BCUT2D eigenvalue weighted by Crippen LogP contribution is -2.10. The Balaban J connectivity index is 2.16. The predicted molar refractivity (Wildman–Crippen MR) is 79.8 cm³/mol. The molecule has 1 amide bonds. The number of aromatic nitrogens is 2. The molecule has 106 valence electrons. The molecule has 0 spiro atoms. The second-order valence-electron chi connectivity index (χ2n) is 4.17. The van der Waals surface area contributed by atoms with E-state index in [0.717, 1.165) is 12.0 Å². The van der Waals surface area contributed by atoms with E-state index in [9.17, 15) is 4.79 Å². The van der Waals surface area contributed by atoms with Gasteiger partial charge in [0.05, 0.1) is 12.8 Å². The van der Waals surface area contributed by atoms with E-state index in [-0.39, 0.29) is 5.91 Å². The predicted octanol–water partition coefficient (Wildman–Crippen LogP) is 2.53. The molecule has 1 aromatic heterocycles. The first-order valence-corrected chi connectivity index (χ1v) is 7.03. The number of ether oxygens (including phenoxy) is 1. The number of amides is 1. The number of carbonyl (C=O) groups is 1. The average Bonchev–Trinajstić information content (AvgIpc) is 2.87. The normalized spacial score (nSPS) is 10.3. The van der Waals surface area contributed by atoms with E-state index in [2.05, 4.69) is 15.5 Å². The molecule has 1 heterocycles. The summed E-state index contributed by atoms with van der Waals surface area (Å²) in [6.45, 7) is 1.95. The summed E-state index contributed by atoms with van der Waals surface area (Å²) in [5.74, 6) is 0.569. The van der Waals surface area contributed by atoms with Crippen molar-refractivity contribution in [1.29, 1.82) is 0 Å². The third-order valence-electron chi connectivity index (χ3n) is 2.63. The lowest BCUT2D eigenvalue weighted by Gasteiger charge is -2.04. The van der Waals surface area contributed by atoms with Crippen LogP contribution < -0.4 is 15.8 Å². The Labute approximate surface area is 121 Å². The first kappa shape index (κ1) is 14.3. The van der Waals surface area contributed by atoms with E-state index in [1.54, 1.807) is 19.2 Å². The first-order chi connectivity index (χ1) is 9.63. The summed E-state index contributed by atoms with van der Waals surface area (Å²) in [5.41, 5.74) is 7.24. The molecule has 6 nitrogen and oxygen atoms in total. The van der Waals surface area contributed by atoms with Crippen LogP contribution in [0, 0.1) is 0 Å². The molecule has 2 aromatic rings. The second kappa shape index (κ2) is 6.33. The van der Waals surface area contributed by atoms with Crippen molar-refractivity contribution in [3.05, 3.63) is 18.2 Å². The molecular weight excluding hydrogens is 276 g/mol. The number of nitrogens with one attached hydrogen (secondary N) is 1. The van der Waals surface area contributed by atoms with Gasteiger partial charge < -0.3 is 15.8 Å². The average molecular weight is 292 g/mol. The van der Waals surface area contributed by atoms with Crippen LogP contribution in [0.25, 0.3) is 10.6 Å². The van der Waals surface area contributed by atoms with Crippen molar-refractivity contribution in [2.24, 2.45) is 0 Å². The molecule has 0 bridgehead atoms. The number of anilines is 2. The van der Waals surface area contributed by atoms with E-state index < -0.39 is 0 Å². The molecule has 0 saturated heterocycles. The standard InChI is InChI=1S/C13H16N4O2S/c1-3-4-11(18)15-13-17-16-12(20-13)8-5-6-10(19-2)9(14)7-8/h5-7H,3-4,14H2,1-2H3,(H,15,17,18). The van der Waals surface area contributed by atoms with Crippen molar-refractivity contribution in [3.63, 3.8) is 0 Å². The number of hydrogen-bond acceptors (Lipinski definition) is 6. The highest BCUT2D eigenvalue weighted by Gasteiger charge is 2.10. The van der Waals surface area contributed by atoms with Crippen LogP contribution in [0.15, 0.2) is 18.2 Å². The number of rotatable bonds is 5. The molecule has 0 unspecified atom stereocenters. The number of hydrogen-bond donors (Lipinski definition) is 2. The second-order valence-corrected chi connectivity index (χ2v) is 5.14. The molecule has 0 radical (unpaired) electrons. The summed E-state index contributed by atoms with van der Waals surface area (Å²) in [6, 6.07) is 5.41. The van der Waals surface area contributed by atoms with Crippen LogP contribution in [-0.4, -0.2) is 23.2 Å². The highest BCUT2D eigenvalue weighted by Crippen LogP contribution is 2.31. The van der Waals surface area contributed by atoms with Crippen LogP contribution >= 0.6 is 11.3 Å². The Hall–Kier alpha value is -2.15. The lowest BCUT2D eigenvalue weighted by molar-refractivity contribution is -0.116. The third kappa shape index (κ3) is 3.24. The van der Waals surface area contributed by atoms with E-state index in [0.29, 0.717) is 28.0 Å². The highest BCUT2D eigenvalue weighted by molar-refractivity contribution is 7.18. The Morgan fingerprint density at radius 1 is 1.45 bits per heavy atom. The Bertz CT molecular complexity index is 612. The van der Waals surface area contributed by atoms with Gasteiger partial charge in [0, 0.05) is 12.0 Å². The van der Waals surface area contributed by atoms with Crippen molar-refractivity contribution in [2.45, 2.75) is 19.8 Å². The number of nitrogens with zero attached hydrogens (tertiary/aromatic N) is 2. The highest BCUT2D eigenvalue weighted by atomic mass is 32.1. The summed E-state index contributed by atoms with van der Waals surface area (Å²) in [4.78, 5) is 11.5. The molecule has 2 rings (SSSR count). The van der Waals surface area contributed by atoms with Crippen LogP contribution in [0.4, 0.5) is 10.8 Å². The largest absolute Gasteiger partial charge is 0.495 e. The number of nitrogens with two attached hydrogens (primary N) is 1. The fourth-order valence-corrected chi connectivity index (χ4v) is 2.42. The van der Waals surface area contributed by atoms with Crippen molar-refractivity contribution in [3.8, 4) is 16.3 Å². The zero-order chi connectivity index (χ0) is 14.5. The molecule has 3 N–H and O–H groups in total. The van der Waals surface area contributed by atoms with Gasteiger partial charge in [-0.2, -0.15) is 0 Å². The van der Waals surface area contributed by atoms with Crippen LogP contribution in [0.2, 0.25) is 0 Å². The fraction of sp³-hybridized carbons (Fsp3) is 0.308. The van der Waals surface area contributed by atoms with Gasteiger partial charge in [0.1, 0.15) is 10.8 Å². The van der Waals surface area contributed by atoms with Crippen molar-refractivity contribution < 1.29 is 9.53 Å². The monoisotopic (exact) mass is 292 g/mol. The maximum Gasteiger partial charge on any atom is 0.226 e. The third-order valence-corrected chi connectivity index (χ3v) is 3.51. The summed E-state index contributed by atoms with van der Waals surface area (Å²) < 4.78 is 5.11. The fourth-order valence-electron chi connectivity index (χ4n) is 1.67. The van der Waals surface area contributed by atoms with E-state index in [1.165, 1.54) is 11.3 Å². The van der Waals surface area contributed by atoms with Crippen molar-refractivity contribution in [1.82, 2.24) is 10.2 Å². The van der Waals surface area contributed by atoms with Gasteiger partial charge in [0.25, 0.3) is 0 Å². The first-order valence-electron chi connectivity index (χ1n) is 6.21. The van der Waals surface area contributed by atoms with E-state index in [1.807, 2.05) is 13.0 Å². The van der Waals surface area contributed by atoms with E-state index in [4.69, 9.17) is 10.5 Å². The van der Waals surface area contributed by atoms with Gasteiger partial charge in [0.2, 0.25) is 11.0 Å². The van der Waals surface area contributed by atoms with E-state index >= 15 is 0 Å². The van der Waals surface area contributed by atoms with Gasteiger partial charge in [-0.15, -0.1) is 10.2 Å². The lowest BCUT2D eigenvalue weighted by atomic mass is 10.2. The quantitative estimate of drug-likeness (QED) is 0.826. The molecule has 20 heavy (non-hydrogen) atoms. The molecule has 0 aliphatic carbocycles. The van der Waals surface area contributed by atoms with Gasteiger partial charge in [-0.25, -0.2) is 0 Å². The molecule has 0 saturated carbocycles. The van der Waals surface area contributed by atoms with Gasteiger partial charge in [-0.1, -0.05) is 18.3 Å². The zero-order valence-corrected chi connectivity index (χ0v) is 12.2. The Morgan fingerprint density at radius 2 is 2.25 bits per heavy atom. The summed E-state index contributed by atoms with van der Waals surface area (Å²) in [6.07, 6.45) is 1.27. The molecule has 0 aliphatic rings. The molecule has 0 fully saturated rings. The number of carbonyl (C=O) groups excluding carboxylic acids is 1. The molecule has 1 aromatic carbocycles. The summed E-state index contributed by atoms with van der Waals surface area (Å²) >= 11 is 1.31. The Kier molecular flexibility index (Phi) is 4.52. The SMILES string of the molecule is CCCC(=O)Nc1nnc(-c2ccc(OC)c(N)c2)s1. The maximum absolute atomic E-state index is 11.5. The molecule has 0 aliphatic heterocycles. The number of methoxy groups -OCH3 is 1. The number of nitrogen functional groups attached to an aromatic ring is 1. The minimum atomic E-state index is -0.0514. The smallest absolute Gasteiger partial charge is 0.226 e. The molecule has 0 atom stereocenters. The number of benzene rings is 1. The van der Waals surface area contributed by atoms with Gasteiger partial charge >= 0.3 is 0 Å². The minimum Gasteiger partial charge on any atom is -0.495 e. The van der Waals surface area contributed by atoms with Crippen LogP contribution in [-0.2, 0) is 4.79 Å². The van der Waals surface area contributed by atoms with Crippen LogP contribution in [0.1, 0.15) is 19.8 Å². The van der Waals surface area contributed by atoms with Gasteiger partial charge in [-0.05, 0) is 24.6 Å². The topological polar surface area (TPSA) is 90.1 Å². The summed E-state index contributed by atoms with van der Waals surface area (Å²) in [5, 5.41) is 11.9. The van der Waals surface area contributed by atoms with Gasteiger partial charge in [0.15, 0.2) is 0 Å². The van der Waals surface area contributed by atoms with Crippen molar-refractivity contribution in [2.75, 3.05) is 18.2 Å². The zero-order valence-electron chi connectivity index (χ0n) is 11.3. The maximum atomic E-state index is 11.5. The summed E-state index contributed by atoms with van der Waals surface area (Å²) in [7, 11) is 1.57. The van der Waals surface area contributed by atoms with Crippen LogP contribution in [0.5, 0.6) is 5.75 Å². The Morgan fingerprint density at radius 3 is 2.90 bits per heavy atom.